The minimum Gasteiger partial charge on any atom is -0.494 e. The Hall–Kier alpha value is -3.03. The molecular weight excluding hydrogens is 588 g/mol. The zero-order chi connectivity index (χ0) is 30.9. The smallest absolute Gasteiger partial charge is 0.417 e. The molecule has 42 heavy (non-hydrogen) atoms. The van der Waals surface area contributed by atoms with Crippen molar-refractivity contribution in [3.05, 3.63) is 53.9 Å². The van der Waals surface area contributed by atoms with Crippen molar-refractivity contribution in [2.24, 2.45) is 5.92 Å². The predicted octanol–water partition coefficient (Wildman–Crippen LogP) is 6.61. The van der Waals surface area contributed by atoms with Gasteiger partial charge in [0, 0.05) is 31.7 Å². The van der Waals surface area contributed by atoms with Crippen molar-refractivity contribution in [1.29, 1.82) is 0 Å². The number of hydrogen-bond acceptors (Lipinski definition) is 5. The fraction of sp³-hybridized carbons (Fsp3) is 0.571. The molecule has 0 bridgehead atoms. The van der Waals surface area contributed by atoms with E-state index < -0.39 is 57.5 Å². The molecule has 1 aliphatic carbocycles. The monoisotopic (exact) mass is 621 g/mol. The second-order valence-electron chi connectivity index (χ2n) is 11.2. The number of amides is 1. The molecule has 0 radical (unpaired) electrons. The number of halogens is 6. The Labute approximate surface area is 240 Å². The number of sulfonamides is 1. The predicted molar refractivity (Wildman–Crippen MR) is 143 cm³/mol. The molecule has 0 N–H and O–H groups in total. The van der Waals surface area contributed by atoms with Gasteiger partial charge in [0.25, 0.3) is 5.91 Å². The van der Waals surface area contributed by atoms with Crippen LogP contribution in [0, 0.1) is 5.92 Å². The van der Waals surface area contributed by atoms with E-state index in [1.165, 1.54) is 18.2 Å². The number of aromatic nitrogens is 2. The van der Waals surface area contributed by atoms with Crippen molar-refractivity contribution < 1.29 is 44.3 Å². The van der Waals surface area contributed by atoms with Crippen molar-refractivity contribution in [1.82, 2.24) is 14.1 Å². The minimum atomic E-state index is -5.20. The number of benzene rings is 1. The Morgan fingerprint density at radius 3 is 2.26 bits per heavy atom. The molecule has 2 aromatic rings. The van der Waals surface area contributed by atoms with Gasteiger partial charge in [0.1, 0.15) is 5.75 Å². The van der Waals surface area contributed by atoms with Crippen molar-refractivity contribution >= 4 is 21.5 Å². The summed E-state index contributed by atoms with van der Waals surface area (Å²) in [5.41, 5.74) is -3.58. The number of alkyl halides is 6. The molecule has 2 heterocycles. The molecule has 1 saturated carbocycles. The highest BCUT2D eigenvalue weighted by Crippen LogP contribution is 2.54. The first-order valence-corrected chi connectivity index (χ1v) is 15.2. The molecule has 1 fully saturated rings. The lowest BCUT2D eigenvalue weighted by Gasteiger charge is -2.46. The average Bonchev–Trinajstić information content (AvgIpc) is 3.64. The van der Waals surface area contributed by atoms with Crippen LogP contribution in [0.15, 0.2) is 42.6 Å². The third-order valence-electron chi connectivity index (χ3n) is 7.19. The van der Waals surface area contributed by atoms with Crippen LogP contribution in [0.5, 0.6) is 5.75 Å². The second kappa shape index (κ2) is 11.9. The molecule has 1 aromatic carbocycles. The molecule has 0 spiro atoms. The summed E-state index contributed by atoms with van der Waals surface area (Å²) in [6.45, 7) is 4.44. The Morgan fingerprint density at radius 1 is 1.02 bits per heavy atom. The van der Waals surface area contributed by atoms with E-state index in [1.807, 2.05) is 13.8 Å². The summed E-state index contributed by atoms with van der Waals surface area (Å²) in [6.07, 6.45) is -7.89. The van der Waals surface area contributed by atoms with Gasteiger partial charge in [-0.2, -0.15) is 31.4 Å². The number of ether oxygens (including phenoxy) is 1. The molecule has 1 aromatic heterocycles. The second-order valence-corrected chi connectivity index (χ2v) is 13.2. The van der Waals surface area contributed by atoms with Crippen molar-refractivity contribution in [2.45, 2.75) is 88.5 Å². The van der Waals surface area contributed by atoms with Gasteiger partial charge in [-0.1, -0.05) is 26.0 Å². The summed E-state index contributed by atoms with van der Waals surface area (Å²) >= 11 is 0. The van der Waals surface area contributed by atoms with Crippen LogP contribution in [0.1, 0.15) is 70.1 Å². The lowest BCUT2D eigenvalue weighted by Crippen LogP contribution is -2.62. The SMILES string of the molecule is CC(C)Cn1ccc(C2=CC(=O)N(S(=O)(=O)C3CC3)C(c3ccc(OCCCCCC(F)(F)F)cc3)(C(F)(F)F)C2)n1. The van der Waals surface area contributed by atoms with Gasteiger partial charge in [-0.3, -0.25) is 9.48 Å². The van der Waals surface area contributed by atoms with Crippen LogP contribution in [0.3, 0.4) is 0 Å². The Balaban J connectivity index is 1.66. The van der Waals surface area contributed by atoms with Gasteiger partial charge in [-0.25, -0.2) is 12.7 Å². The van der Waals surface area contributed by atoms with E-state index >= 15 is 13.2 Å². The van der Waals surface area contributed by atoms with Gasteiger partial charge in [-0.05, 0) is 67.4 Å². The third-order valence-corrected chi connectivity index (χ3v) is 9.50. The maximum Gasteiger partial charge on any atom is 0.417 e. The molecule has 7 nitrogen and oxygen atoms in total. The number of nitrogens with zero attached hydrogens (tertiary/aromatic N) is 3. The first-order valence-electron chi connectivity index (χ1n) is 13.7. The minimum absolute atomic E-state index is 0.00277. The standard InChI is InChI=1S/C28H33F6N3O4S/c1-19(2)18-36-14-12-24(35-36)20-16-25(38)37(42(39,40)23-10-11-23)26(17-20,28(32,33)34)21-6-8-22(9-7-21)41-15-5-3-4-13-27(29,30)31/h6-9,12,14,16,19,23H,3-5,10-11,13,15,17-18H2,1-2H3. The number of carbonyl (C=O) groups is 1. The maximum absolute atomic E-state index is 15.3. The Kier molecular flexibility index (Phi) is 9.06. The molecule has 2 aliphatic rings. The van der Waals surface area contributed by atoms with E-state index in [9.17, 15) is 26.4 Å². The molecule has 232 valence electrons. The van der Waals surface area contributed by atoms with Crippen molar-refractivity contribution in [2.75, 3.05) is 6.61 Å². The van der Waals surface area contributed by atoms with Crippen LogP contribution in [-0.2, 0) is 26.9 Å². The molecule has 1 aliphatic heterocycles. The zero-order valence-corrected chi connectivity index (χ0v) is 24.0. The highest BCUT2D eigenvalue weighted by atomic mass is 32.2. The van der Waals surface area contributed by atoms with E-state index in [-0.39, 0.29) is 59.5 Å². The number of hydrogen-bond donors (Lipinski definition) is 0. The van der Waals surface area contributed by atoms with Gasteiger partial charge >= 0.3 is 12.4 Å². The summed E-state index contributed by atoms with van der Waals surface area (Å²) in [4.78, 5) is 13.4. The molecule has 14 heteroatoms. The first kappa shape index (κ1) is 31.9. The Morgan fingerprint density at radius 2 is 1.69 bits per heavy atom. The van der Waals surface area contributed by atoms with Crippen LogP contribution in [0.25, 0.3) is 5.57 Å². The highest BCUT2D eigenvalue weighted by Gasteiger charge is 2.67. The topological polar surface area (TPSA) is 81.5 Å². The highest BCUT2D eigenvalue weighted by molar-refractivity contribution is 7.90. The normalized spacial score (nSPS) is 20.3. The molecule has 1 unspecified atom stereocenters. The fourth-order valence-electron chi connectivity index (χ4n) is 5.04. The van der Waals surface area contributed by atoms with E-state index in [0.717, 1.165) is 18.2 Å². The molecule has 4 rings (SSSR count). The fourth-order valence-corrected chi connectivity index (χ4v) is 7.09. The first-order chi connectivity index (χ1) is 19.5. The van der Waals surface area contributed by atoms with Crippen LogP contribution < -0.4 is 4.74 Å². The van der Waals surface area contributed by atoms with Gasteiger partial charge in [0.15, 0.2) is 5.54 Å². The van der Waals surface area contributed by atoms with E-state index in [0.29, 0.717) is 13.0 Å². The van der Waals surface area contributed by atoms with Gasteiger partial charge in [0.05, 0.1) is 17.6 Å². The third kappa shape index (κ3) is 6.95. The van der Waals surface area contributed by atoms with Crippen LogP contribution in [-0.4, -0.2) is 52.6 Å². The maximum atomic E-state index is 15.3. The van der Waals surface area contributed by atoms with E-state index in [4.69, 9.17) is 4.74 Å². The molecule has 1 atom stereocenters. The average molecular weight is 622 g/mol. The van der Waals surface area contributed by atoms with E-state index in [2.05, 4.69) is 5.10 Å². The van der Waals surface area contributed by atoms with Crippen LogP contribution in [0.4, 0.5) is 26.3 Å². The summed E-state index contributed by atoms with van der Waals surface area (Å²) in [6, 6.07) is 6.13. The van der Waals surface area contributed by atoms with Crippen molar-refractivity contribution in [3.63, 3.8) is 0 Å². The largest absolute Gasteiger partial charge is 0.494 e. The lowest BCUT2D eigenvalue weighted by atomic mass is 9.79. The summed E-state index contributed by atoms with van der Waals surface area (Å²) < 4.78 is 117. The molecule has 0 saturated heterocycles. The summed E-state index contributed by atoms with van der Waals surface area (Å²) in [7, 11) is -4.65. The van der Waals surface area contributed by atoms with Gasteiger partial charge in [-0.15, -0.1) is 0 Å². The van der Waals surface area contributed by atoms with Crippen LogP contribution >= 0.6 is 0 Å². The quantitative estimate of drug-likeness (QED) is 0.197. The lowest BCUT2D eigenvalue weighted by molar-refractivity contribution is -0.221. The number of rotatable bonds is 12. The number of carbonyl (C=O) groups excluding carboxylic acids is 1. The van der Waals surface area contributed by atoms with Gasteiger partial charge < -0.3 is 4.74 Å². The zero-order valence-electron chi connectivity index (χ0n) is 23.2. The van der Waals surface area contributed by atoms with Crippen LogP contribution in [0.2, 0.25) is 0 Å². The number of unbranched alkanes of at least 4 members (excludes halogenated alkanes) is 2. The van der Waals surface area contributed by atoms with E-state index in [1.54, 1.807) is 10.9 Å². The molecule has 1 amide bonds. The summed E-state index contributed by atoms with van der Waals surface area (Å²) in [5.74, 6) is -0.930. The summed E-state index contributed by atoms with van der Waals surface area (Å²) in [5, 5.41) is 3.27. The molecular formula is C28H33F6N3O4S. The van der Waals surface area contributed by atoms with Gasteiger partial charge in [0.2, 0.25) is 10.0 Å². The Bertz CT molecular complexity index is 1400. The van der Waals surface area contributed by atoms with Crippen molar-refractivity contribution in [3.8, 4) is 5.75 Å².